The van der Waals surface area contributed by atoms with Crippen molar-refractivity contribution in [1.29, 1.82) is 0 Å². The van der Waals surface area contributed by atoms with Crippen LogP contribution in [0.3, 0.4) is 0 Å². The molecule has 1 aliphatic heterocycles. The third kappa shape index (κ3) is 5.04. The molecule has 0 aromatic heterocycles. The Morgan fingerprint density at radius 3 is 2.33 bits per heavy atom. The zero-order valence-corrected chi connectivity index (χ0v) is 17.3. The second-order valence-corrected chi connectivity index (χ2v) is 8.13. The lowest BCUT2D eigenvalue weighted by atomic mass is 10.00. The number of aryl methyl sites for hydroxylation is 2. The van der Waals surface area contributed by atoms with Crippen LogP contribution in [-0.4, -0.2) is 37.0 Å². The second kappa shape index (κ2) is 8.79. The molecular weight excluding hydrogens is 356 g/mol. The van der Waals surface area contributed by atoms with Crippen molar-refractivity contribution in [2.45, 2.75) is 39.5 Å². The number of nitrogens with zero attached hydrogens (tertiary/aromatic N) is 2. The van der Waals surface area contributed by atoms with E-state index < -0.39 is 0 Å². The standard InChI is InChI=1S/C23H29ClN2O/c1-17(2)20-8-5-19(6-9-20)7-11-23(27)26-14-12-25(13-15-26)22-16-21(24)10-4-18(22)3/h4-6,8-10,16-17H,7,11-15H2,1-3H3. The molecule has 0 bridgehead atoms. The first-order valence-electron chi connectivity index (χ1n) is 9.82. The Labute approximate surface area is 167 Å². The van der Waals surface area contributed by atoms with Crippen LogP contribution < -0.4 is 4.90 Å². The highest BCUT2D eigenvalue weighted by atomic mass is 35.5. The minimum Gasteiger partial charge on any atom is -0.368 e. The maximum Gasteiger partial charge on any atom is 0.223 e. The molecule has 0 unspecified atom stereocenters. The van der Waals surface area contributed by atoms with Crippen molar-refractivity contribution >= 4 is 23.2 Å². The van der Waals surface area contributed by atoms with Gasteiger partial charge in [-0.05, 0) is 48.1 Å². The number of halogens is 1. The summed E-state index contributed by atoms with van der Waals surface area (Å²) in [5.41, 5.74) is 4.99. The smallest absolute Gasteiger partial charge is 0.223 e. The summed E-state index contributed by atoms with van der Waals surface area (Å²) in [6, 6.07) is 14.7. The lowest BCUT2D eigenvalue weighted by molar-refractivity contribution is -0.131. The number of carbonyl (C=O) groups excluding carboxylic acids is 1. The molecule has 3 nitrogen and oxygen atoms in total. The van der Waals surface area contributed by atoms with E-state index >= 15 is 0 Å². The first-order valence-corrected chi connectivity index (χ1v) is 10.2. The Kier molecular flexibility index (Phi) is 6.43. The van der Waals surface area contributed by atoms with Gasteiger partial charge < -0.3 is 9.80 Å². The van der Waals surface area contributed by atoms with Crippen LogP contribution in [0.1, 0.15) is 42.9 Å². The van der Waals surface area contributed by atoms with E-state index in [1.807, 2.05) is 17.0 Å². The summed E-state index contributed by atoms with van der Waals surface area (Å²) in [5.74, 6) is 0.797. The highest BCUT2D eigenvalue weighted by Gasteiger charge is 2.22. The summed E-state index contributed by atoms with van der Waals surface area (Å²) >= 11 is 6.15. The Hall–Kier alpha value is -2.00. The van der Waals surface area contributed by atoms with Crippen molar-refractivity contribution in [3.05, 3.63) is 64.2 Å². The van der Waals surface area contributed by atoms with Gasteiger partial charge in [0.2, 0.25) is 5.91 Å². The summed E-state index contributed by atoms with van der Waals surface area (Å²) < 4.78 is 0. The highest BCUT2D eigenvalue weighted by Crippen LogP contribution is 2.25. The molecule has 0 aliphatic carbocycles. The summed E-state index contributed by atoms with van der Waals surface area (Å²) in [5, 5.41) is 0.762. The molecule has 0 saturated carbocycles. The van der Waals surface area contributed by atoms with E-state index in [2.05, 4.69) is 56.0 Å². The average Bonchev–Trinajstić information content (AvgIpc) is 2.68. The number of benzene rings is 2. The number of piperazine rings is 1. The molecule has 0 N–H and O–H groups in total. The minimum absolute atomic E-state index is 0.255. The molecule has 2 aromatic carbocycles. The summed E-state index contributed by atoms with van der Waals surface area (Å²) in [7, 11) is 0. The zero-order chi connectivity index (χ0) is 19.4. The molecular formula is C23H29ClN2O. The third-order valence-electron chi connectivity index (χ3n) is 5.42. The predicted molar refractivity (Wildman–Crippen MR) is 114 cm³/mol. The predicted octanol–water partition coefficient (Wildman–Crippen LogP) is 5.05. The monoisotopic (exact) mass is 384 g/mol. The van der Waals surface area contributed by atoms with Gasteiger partial charge in [-0.3, -0.25) is 4.79 Å². The molecule has 1 saturated heterocycles. The van der Waals surface area contributed by atoms with E-state index in [9.17, 15) is 4.79 Å². The number of rotatable bonds is 5. The molecule has 144 valence electrons. The normalized spacial score (nSPS) is 14.7. The number of anilines is 1. The van der Waals surface area contributed by atoms with Gasteiger partial charge in [-0.25, -0.2) is 0 Å². The number of hydrogen-bond donors (Lipinski definition) is 0. The van der Waals surface area contributed by atoms with Gasteiger partial charge in [-0.2, -0.15) is 0 Å². The summed E-state index contributed by atoms with van der Waals surface area (Å²) in [6.07, 6.45) is 1.39. The zero-order valence-electron chi connectivity index (χ0n) is 16.5. The summed E-state index contributed by atoms with van der Waals surface area (Å²) in [4.78, 5) is 16.9. The van der Waals surface area contributed by atoms with Gasteiger partial charge in [-0.1, -0.05) is 55.8 Å². The van der Waals surface area contributed by atoms with E-state index in [0.29, 0.717) is 12.3 Å². The van der Waals surface area contributed by atoms with E-state index in [1.54, 1.807) is 0 Å². The maximum atomic E-state index is 12.6. The fourth-order valence-electron chi connectivity index (χ4n) is 3.60. The first-order chi connectivity index (χ1) is 12.9. The van der Waals surface area contributed by atoms with E-state index in [-0.39, 0.29) is 5.91 Å². The Bertz CT molecular complexity index is 777. The van der Waals surface area contributed by atoms with Crippen LogP contribution in [-0.2, 0) is 11.2 Å². The fourth-order valence-corrected chi connectivity index (χ4v) is 3.76. The lowest BCUT2D eigenvalue weighted by Crippen LogP contribution is -2.49. The molecule has 27 heavy (non-hydrogen) atoms. The number of hydrogen-bond acceptors (Lipinski definition) is 2. The number of amides is 1. The highest BCUT2D eigenvalue weighted by molar-refractivity contribution is 6.30. The van der Waals surface area contributed by atoms with Crippen LogP contribution >= 0.6 is 11.6 Å². The van der Waals surface area contributed by atoms with Gasteiger partial charge in [0.25, 0.3) is 0 Å². The molecule has 4 heteroatoms. The molecule has 1 fully saturated rings. The Balaban J connectivity index is 1.50. The van der Waals surface area contributed by atoms with Crippen molar-refractivity contribution in [3.63, 3.8) is 0 Å². The van der Waals surface area contributed by atoms with Crippen LogP contribution in [0.15, 0.2) is 42.5 Å². The number of carbonyl (C=O) groups is 1. The van der Waals surface area contributed by atoms with Gasteiger partial charge >= 0.3 is 0 Å². The van der Waals surface area contributed by atoms with Crippen LogP contribution in [0, 0.1) is 6.92 Å². The van der Waals surface area contributed by atoms with Crippen molar-refractivity contribution < 1.29 is 4.79 Å². The van der Waals surface area contributed by atoms with Crippen LogP contribution in [0.2, 0.25) is 5.02 Å². The molecule has 1 heterocycles. The molecule has 0 atom stereocenters. The Morgan fingerprint density at radius 2 is 1.70 bits per heavy atom. The third-order valence-corrected chi connectivity index (χ3v) is 5.65. The molecule has 3 rings (SSSR count). The van der Waals surface area contributed by atoms with Gasteiger partial charge in [0.1, 0.15) is 0 Å². The molecule has 1 aliphatic rings. The van der Waals surface area contributed by atoms with Crippen molar-refractivity contribution in [2.75, 3.05) is 31.1 Å². The molecule has 0 radical (unpaired) electrons. The van der Waals surface area contributed by atoms with Crippen molar-refractivity contribution in [1.82, 2.24) is 4.90 Å². The summed E-state index contributed by atoms with van der Waals surface area (Å²) in [6.45, 7) is 9.76. The molecule has 2 aromatic rings. The minimum atomic E-state index is 0.255. The van der Waals surface area contributed by atoms with E-state index in [1.165, 1.54) is 22.4 Å². The van der Waals surface area contributed by atoms with Crippen LogP contribution in [0.4, 0.5) is 5.69 Å². The Morgan fingerprint density at radius 1 is 1.04 bits per heavy atom. The second-order valence-electron chi connectivity index (χ2n) is 7.69. The van der Waals surface area contributed by atoms with Gasteiger partial charge in [-0.15, -0.1) is 0 Å². The van der Waals surface area contributed by atoms with E-state index in [0.717, 1.165) is 37.6 Å². The van der Waals surface area contributed by atoms with Gasteiger partial charge in [0, 0.05) is 43.3 Å². The lowest BCUT2D eigenvalue weighted by Gasteiger charge is -2.37. The van der Waals surface area contributed by atoms with Crippen LogP contribution in [0.25, 0.3) is 0 Å². The topological polar surface area (TPSA) is 23.6 Å². The largest absolute Gasteiger partial charge is 0.368 e. The molecule has 1 amide bonds. The van der Waals surface area contributed by atoms with E-state index in [4.69, 9.17) is 11.6 Å². The van der Waals surface area contributed by atoms with Crippen molar-refractivity contribution in [3.8, 4) is 0 Å². The van der Waals surface area contributed by atoms with Crippen LogP contribution in [0.5, 0.6) is 0 Å². The van der Waals surface area contributed by atoms with Gasteiger partial charge in [0.05, 0.1) is 0 Å². The average molecular weight is 385 g/mol. The first kappa shape index (κ1) is 19.8. The van der Waals surface area contributed by atoms with Gasteiger partial charge in [0.15, 0.2) is 0 Å². The molecule has 0 spiro atoms. The fraction of sp³-hybridized carbons (Fsp3) is 0.435. The SMILES string of the molecule is Cc1ccc(Cl)cc1N1CCN(C(=O)CCc2ccc(C(C)C)cc2)CC1. The quantitative estimate of drug-likeness (QED) is 0.719. The van der Waals surface area contributed by atoms with Crippen molar-refractivity contribution in [2.24, 2.45) is 0 Å². The maximum absolute atomic E-state index is 12.6.